The monoisotopic (exact) mass is 333 g/mol. The zero-order valence-electron chi connectivity index (χ0n) is 12.9. The predicted molar refractivity (Wildman–Crippen MR) is 87.4 cm³/mol. The van der Waals surface area contributed by atoms with Crippen LogP contribution in [0, 0.1) is 0 Å². The van der Waals surface area contributed by atoms with Crippen LogP contribution in [0.15, 0.2) is 17.0 Å². The van der Waals surface area contributed by atoms with Crippen LogP contribution in [0.4, 0.5) is 0 Å². The number of sulfone groups is 1. The van der Waals surface area contributed by atoms with Gasteiger partial charge in [-0.1, -0.05) is 0 Å². The first-order valence-corrected chi connectivity index (χ1v) is 9.87. The van der Waals surface area contributed by atoms with Crippen LogP contribution < -0.4 is 14.8 Å². The van der Waals surface area contributed by atoms with Gasteiger partial charge in [0, 0.05) is 17.7 Å². The number of ether oxygens (including phenoxy) is 2. The molecule has 1 rings (SSSR count). The van der Waals surface area contributed by atoms with E-state index in [0.717, 1.165) is 10.5 Å². The quantitative estimate of drug-likeness (QED) is 0.550. The van der Waals surface area contributed by atoms with Crippen LogP contribution in [-0.4, -0.2) is 47.4 Å². The van der Waals surface area contributed by atoms with E-state index in [2.05, 4.69) is 5.32 Å². The van der Waals surface area contributed by atoms with E-state index < -0.39 is 9.84 Å². The summed E-state index contributed by atoms with van der Waals surface area (Å²) in [5.74, 6) is 1.62. The summed E-state index contributed by atoms with van der Waals surface area (Å²) < 4.78 is 32.7. The fourth-order valence-electron chi connectivity index (χ4n) is 1.91. The SMILES string of the molecule is COc1cc(CNCCCS(C)(=O)=O)c(SC)cc1OC. The van der Waals surface area contributed by atoms with Gasteiger partial charge in [0.05, 0.1) is 20.0 Å². The maximum Gasteiger partial charge on any atom is 0.161 e. The Labute approximate surface area is 131 Å². The van der Waals surface area contributed by atoms with E-state index in [1.807, 2.05) is 18.4 Å². The second-order valence-electron chi connectivity index (χ2n) is 4.68. The largest absolute Gasteiger partial charge is 0.493 e. The van der Waals surface area contributed by atoms with Crippen molar-refractivity contribution in [3.05, 3.63) is 17.7 Å². The molecule has 0 atom stereocenters. The number of thioether (sulfide) groups is 1. The summed E-state index contributed by atoms with van der Waals surface area (Å²) in [5, 5.41) is 3.26. The molecule has 0 aliphatic rings. The maximum atomic E-state index is 11.1. The van der Waals surface area contributed by atoms with Crippen LogP contribution in [0.3, 0.4) is 0 Å². The lowest BCUT2D eigenvalue weighted by Crippen LogP contribution is -2.18. The smallest absolute Gasteiger partial charge is 0.161 e. The van der Waals surface area contributed by atoms with Crippen LogP contribution in [0.2, 0.25) is 0 Å². The van der Waals surface area contributed by atoms with Gasteiger partial charge in [0.25, 0.3) is 0 Å². The minimum atomic E-state index is -2.88. The van der Waals surface area contributed by atoms with Crippen molar-refractivity contribution in [2.24, 2.45) is 0 Å². The first kappa shape index (κ1) is 18.1. The molecule has 120 valence electrons. The van der Waals surface area contributed by atoms with E-state index in [4.69, 9.17) is 9.47 Å². The van der Waals surface area contributed by atoms with E-state index in [9.17, 15) is 8.42 Å². The topological polar surface area (TPSA) is 64.6 Å². The summed E-state index contributed by atoms with van der Waals surface area (Å²) in [6, 6.07) is 3.91. The Bertz CT molecular complexity index is 558. The number of methoxy groups -OCH3 is 2. The van der Waals surface area contributed by atoms with Gasteiger partial charge in [-0.2, -0.15) is 0 Å². The number of rotatable bonds is 9. The molecule has 0 aliphatic carbocycles. The number of hydrogen-bond donors (Lipinski definition) is 1. The molecule has 1 aromatic rings. The Morgan fingerprint density at radius 3 is 2.33 bits per heavy atom. The summed E-state index contributed by atoms with van der Waals surface area (Å²) in [6.07, 6.45) is 3.88. The number of hydrogen-bond acceptors (Lipinski definition) is 6. The summed E-state index contributed by atoms with van der Waals surface area (Å²) >= 11 is 1.64. The Morgan fingerprint density at radius 2 is 1.81 bits per heavy atom. The van der Waals surface area contributed by atoms with E-state index >= 15 is 0 Å². The summed E-state index contributed by atoms with van der Waals surface area (Å²) in [4.78, 5) is 1.11. The van der Waals surface area contributed by atoms with E-state index in [1.165, 1.54) is 6.26 Å². The third-order valence-corrected chi connectivity index (χ3v) is 4.82. The van der Waals surface area contributed by atoms with Gasteiger partial charge in [-0.15, -0.1) is 11.8 Å². The highest BCUT2D eigenvalue weighted by Gasteiger charge is 2.10. The standard InChI is InChI=1S/C14H23NO4S2/c1-18-12-8-11(14(20-3)9-13(12)19-2)10-15-6-5-7-21(4,16)17/h8-9,15H,5-7,10H2,1-4H3. The summed E-state index contributed by atoms with van der Waals surface area (Å²) in [7, 11) is 0.345. The van der Waals surface area contributed by atoms with Crippen molar-refractivity contribution in [1.29, 1.82) is 0 Å². The van der Waals surface area contributed by atoms with Gasteiger partial charge in [0.15, 0.2) is 11.5 Å². The molecule has 0 fully saturated rings. The van der Waals surface area contributed by atoms with Crippen LogP contribution in [0.1, 0.15) is 12.0 Å². The van der Waals surface area contributed by atoms with Gasteiger partial charge in [0.2, 0.25) is 0 Å². The first-order valence-electron chi connectivity index (χ1n) is 6.58. The minimum Gasteiger partial charge on any atom is -0.493 e. The Morgan fingerprint density at radius 1 is 1.19 bits per heavy atom. The van der Waals surface area contributed by atoms with E-state index in [1.54, 1.807) is 26.0 Å². The molecule has 0 heterocycles. The molecule has 0 spiro atoms. The minimum absolute atomic E-state index is 0.210. The molecule has 0 unspecified atom stereocenters. The van der Waals surface area contributed by atoms with E-state index in [-0.39, 0.29) is 5.75 Å². The highest BCUT2D eigenvalue weighted by atomic mass is 32.2. The third kappa shape index (κ3) is 6.15. The summed E-state index contributed by atoms with van der Waals surface area (Å²) in [5.41, 5.74) is 1.11. The van der Waals surface area contributed by atoms with Gasteiger partial charge in [-0.25, -0.2) is 8.42 Å². The van der Waals surface area contributed by atoms with Crippen molar-refractivity contribution in [1.82, 2.24) is 5.32 Å². The molecule has 0 saturated carbocycles. The molecule has 5 nitrogen and oxygen atoms in total. The molecule has 1 N–H and O–H groups in total. The maximum absolute atomic E-state index is 11.1. The molecular formula is C14H23NO4S2. The zero-order chi connectivity index (χ0) is 15.9. The number of benzene rings is 1. The van der Waals surface area contributed by atoms with Gasteiger partial charge < -0.3 is 14.8 Å². The first-order chi connectivity index (χ1) is 9.91. The third-order valence-electron chi connectivity index (χ3n) is 2.97. The molecule has 0 aromatic heterocycles. The second-order valence-corrected chi connectivity index (χ2v) is 7.79. The molecule has 0 aliphatic heterocycles. The molecule has 7 heteroatoms. The van der Waals surface area contributed by atoms with Gasteiger partial charge in [0.1, 0.15) is 9.84 Å². The molecule has 1 aromatic carbocycles. The van der Waals surface area contributed by atoms with Crippen molar-refractivity contribution in [3.8, 4) is 11.5 Å². The lowest BCUT2D eigenvalue weighted by atomic mass is 10.2. The van der Waals surface area contributed by atoms with Gasteiger partial charge in [-0.05, 0) is 36.9 Å². The average Bonchev–Trinajstić information content (AvgIpc) is 2.44. The van der Waals surface area contributed by atoms with Crippen molar-refractivity contribution >= 4 is 21.6 Å². The normalized spacial score (nSPS) is 11.4. The Kier molecular flexibility index (Phi) is 7.34. The van der Waals surface area contributed by atoms with Crippen molar-refractivity contribution in [2.75, 3.05) is 39.0 Å². The highest BCUT2D eigenvalue weighted by Crippen LogP contribution is 2.34. The van der Waals surface area contributed by atoms with Gasteiger partial charge >= 0.3 is 0 Å². The van der Waals surface area contributed by atoms with Crippen LogP contribution in [0.25, 0.3) is 0 Å². The molecule has 21 heavy (non-hydrogen) atoms. The highest BCUT2D eigenvalue weighted by molar-refractivity contribution is 7.98. The lowest BCUT2D eigenvalue weighted by molar-refractivity contribution is 0.353. The molecule has 0 radical (unpaired) electrons. The van der Waals surface area contributed by atoms with Crippen molar-refractivity contribution in [2.45, 2.75) is 17.9 Å². The van der Waals surface area contributed by atoms with Crippen LogP contribution in [0.5, 0.6) is 11.5 Å². The Balaban J connectivity index is 2.65. The average molecular weight is 333 g/mol. The Hall–Kier alpha value is -0.920. The van der Waals surface area contributed by atoms with Crippen LogP contribution >= 0.6 is 11.8 Å². The predicted octanol–water partition coefficient (Wildman–Crippen LogP) is 1.95. The number of nitrogens with one attached hydrogen (secondary N) is 1. The molecule has 0 amide bonds. The van der Waals surface area contributed by atoms with Crippen molar-refractivity contribution < 1.29 is 17.9 Å². The zero-order valence-corrected chi connectivity index (χ0v) is 14.6. The fourth-order valence-corrected chi connectivity index (χ4v) is 3.20. The second kappa shape index (κ2) is 8.51. The lowest BCUT2D eigenvalue weighted by Gasteiger charge is -2.14. The van der Waals surface area contributed by atoms with E-state index in [0.29, 0.717) is 31.0 Å². The fraction of sp³-hybridized carbons (Fsp3) is 0.571. The summed E-state index contributed by atoms with van der Waals surface area (Å²) in [6.45, 7) is 1.33. The van der Waals surface area contributed by atoms with Crippen molar-refractivity contribution in [3.63, 3.8) is 0 Å². The molecule has 0 bridgehead atoms. The molecule has 0 saturated heterocycles. The van der Waals surface area contributed by atoms with Crippen LogP contribution in [-0.2, 0) is 16.4 Å². The van der Waals surface area contributed by atoms with Gasteiger partial charge in [-0.3, -0.25) is 0 Å². The molecular weight excluding hydrogens is 310 g/mol.